The molecule has 0 aromatic heterocycles. The standard InChI is InChI=1S/C17H15BrF2O/c1-3-10-5-6-12(7-11(10)4-2)17(21)16-14(19)8-13(18)9-15(16)20/h5-9H,3-4H2,1-2H3. The van der Waals surface area contributed by atoms with E-state index in [0.717, 1.165) is 36.1 Å². The number of rotatable bonds is 4. The van der Waals surface area contributed by atoms with Crippen LogP contribution in [-0.2, 0) is 12.8 Å². The molecule has 0 heterocycles. The molecule has 1 nitrogen and oxygen atoms in total. The minimum Gasteiger partial charge on any atom is -0.288 e. The van der Waals surface area contributed by atoms with E-state index in [1.807, 2.05) is 19.9 Å². The van der Waals surface area contributed by atoms with E-state index < -0.39 is 23.0 Å². The van der Waals surface area contributed by atoms with E-state index in [-0.39, 0.29) is 4.47 Å². The Morgan fingerprint density at radius 1 is 1.00 bits per heavy atom. The van der Waals surface area contributed by atoms with E-state index in [9.17, 15) is 13.6 Å². The van der Waals surface area contributed by atoms with E-state index in [1.165, 1.54) is 0 Å². The second-order valence-electron chi connectivity index (χ2n) is 4.76. The molecule has 0 bridgehead atoms. The SMILES string of the molecule is CCc1ccc(C(=O)c2c(F)cc(Br)cc2F)cc1CC. The van der Waals surface area contributed by atoms with Gasteiger partial charge in [-0.2, -0.15) is 0 Å². The van der Waals surface area contributed by atoms with Gasteiger partial charge in [0.2, 0.25) is 0 Å². The summed E-state index contributed by atoms with van der Waals surface area (Å²) in [5.74, 6) is -2.34. The predicted octanol–water partition coefficient (Wildman–Crippen LogP) is 5.08. The van der Waals surface area contributed by atoms with E-state index in [1.54, 1.807) is 12.1 Å². The maximum atomic E-state index is 13.9. The van der Waals surface area contributed by atoms with Crippen molar-refractivity contribution in [2.45, 2.75) is 26.7 Å². The molecule has 0 atom stereocenters. The van der Waals surface area contributed by atoms with Crippen molar-refractivity contribution in [3.05, 3.63) is 68.7 Å². The second kappa shape index (κ2) is 6.48. The van der Waals surface area contributed by atoms with Gasteiger partial charge in [-0.15, -0.1) is 0 Å². The van der Waals surface area contributed by atoms with E-state index in [4.69, 9.17) is 0 Å². The molecule has 0 radical (unpaired) electrons. The maximum Gasteiger partial charge on any atom is 0.198 e. The summed E-state index contributed by atoms with van der Waals surface area (Å²) in [4.78, 5) is 12.4. The average molecular weight is 353 g/mol. The predicted molar refractivity (Wildman–Crippen MR) is 82.7 cm³/mol. The summed E-state index contributed by atoms with van der Waals surface area (Å²) in [5, 5.41) is 0. The van der Waals surface area contributed by atoms with Gasteiger partial charge in [0.05, 0.1) is 5.56 Å². The molecule has 2 rings (SSSR count). The summed E-state index contributed by atoms with van der Waals surface area (Å²) in [6.45, 7) is 4.02. The highest BCUT2D eigenvalue weighted by molar-refractivity contribution is 9.10. The topological polar surface area (TPSA) is 17.1 Å². The van der Waals surface area contributed by atoms with Crippen LogP contribution >= 0.6 is 15.9 Å². The minimum absolute atomic E-state index is 0.268. The zero-order chi connectivity index (χ0) is 15.6. The second-order valence-corrected chi connectivity index (χ2v) is 5.68. The van der Waals surface area contributed by atoms with Crippen molar-refractivity contribution in [3.8, 4) is 0 Å². The fourth-order valence-electron chi connectivity index (χ4n) is 2.34. The molecular weight excluding hydrogens is 338 g/mol. The summed E-state index contributed by atoms with van der Waals surface area (Å²) in [5.41, 5.74) is 1.97. The molecule has 0 unspecified atom stereocenters. The average Bonchev–Trinajstić information content (AvgIpc) is 2.45. The Kier molecular flexibility index (Phi) is 4.88. The minimum atomic E-state index is -0.857. The van der Waals surface area contributed by atoms with Crippen molar-refractivity contribution in [1.82, 2.24) is 0 Å². The molecule has 0 aliphatic heterocycles. The third kappa shape index (κ3) is 3.21. The van der Waals surface area contributed by atoms with Crippen LogP contribution in [-0.4, -0.2) is 5.78 Å². The quantitative estimate of drug-likeness (QED) is 0.701. The highest BCUT2D eigenvalue weighted by Gasteiger charge is 2.20. The molecule has 21 heavy (non-hydrogen) atoms. The highest BCUT2D eigenvalue weighted by Crippen LogP contribution is 2.23. The number of ketones is 1. The number of halogens is 3. The monoisotopic (exact) mass is 352 g/mol. The van der Waals surface area contributed by atoms with Gasteiger partial charge in [-0.3, -0.25) is 4.79 Å². The zero-order valence-electron chi connectivity index (χ0n) is 11.8. The lowest BCUT2D eigenvalue weighted by Crippen LogP contribution is -2.09. The van der Waals surface area contributed by atoms with Crippen LogP contribution in [0.5, 0.6) is 0 Å². The fraction of sp³-hybridized carbons (Fsp3) is 0.235. The lowest BCUT2D eigenvalue weighted by Gasteiger charge is -2.10. The van der Waals surface area contributed by atoms with Gasteiger partial charge in [-0.05, 0) is 42.2 Å². The largest absolute Gasteiger partial charge is 0.288 e. The molecule has 0 aliphatic carbocycles. The van der Waals surface area contributed by atoms with Crippen LogP contribution in [0.2, 0.25) is 0 Å². The van der Waals surface area contributed by atoms with Crippen LogP contribution in [0.25, 0.3) is 0 Å². The van der Waals surface area contributed by atoms with Gasteiger partial charge in [0.25, 0.3) is 0 Å². The van der Waals surface area contributed by atoms with Crippen molar-refractivity contribution < 1.29 is 13.6 Å². The molecule has 0 amide bonds. The van der Waals surface area contributed by atoms with Crippen molar-refractivity contribution in [2.24, 2.45) is 0 Å². The summed E-state index contributed by atoms with van der Waals surface area (Å²) < 4.78 is 28.0. The molecule has 110 valence electrons. The first kappa shape index (κ1) is 15.8. The summed E-state index contributed by atoms with van der Waals surface area (Å²) >= 11 is 3.00. The number of aryl methyl sites for hydroxylation is 2. The third-order valence-electron chi connectivity index (χ3n) is 3.46. The fourth-order valence-corrected chi connectivity index (χ4v) is 2.75. The molecule has 2 aromatic rings. The van der Waals surface area contributed by atoms with E-state index >= 15 is 0 Å². The van der Waals surface area contributed by atoms with E-state index in [0.29, 0.717) is 5.56 Å². The van der Waals surface area contributed by atoms with Crippen LogP contribution in [0.3, 0.4) is 0 Å². The highest BCUT2D eigenvalue weighted by atomic mass is 79.9. The smallest absolute Gasteiger partial charge is 0.198 e. The summed E-state index contributed by atoms with van der Waals surface area (Å²) in [6.07, 6.45) is 1.63. The first-order chi connectivity index (χ1) is 9.97. The summed E-state index contributed by atoms with van der Waals surface area (Å²) in [6, 6.07) is 7.39. The van der Waals surface area contributed by atoms with Crippen LogP contribution < -0.4 is 0 Å². The Bertz CT molecular complexity index is 672. The van der Waals surface area contributed by atoms with Gasteiger partial charge in [0, 0.05) is 10.0 Å². The number of benzene rings is 2. The van der Waals surface area contributed by atoms with Crippen molar-refractivity contribution in [1.29, 1.82) is 0 Å². The Morgan fingerprint density at radius 3 is 2.10 bits per heavy atom. The molecule has 0 fully saturated rings. The normalized spacial score (nSPS) is 10.7. The third-order valence-corrected chi connectivity index (χ3v) is 3.92. The van der Waals surface area contributed by atoms with Gasteiger partial charge < -0.3 is 0 Å². The summed E-state index contributed by atoms with van der Waals surface area (Å²) in [7, 11) is 0. The number of carbonyl (C=O) groups is 1. The van der Waals surface area contributed by atoms with Crippen molar-refractivity contribution >= 4 is 21.7 Å². The van der Waals surface area contributed by atoms with Crippen LogP contribution in [0.15, 0.2) is 34.8 Å². The molecular formula is C17H15BrF2O. The van der Waals surface area contributed by atoms with E-state index in [2.05, 4.69) is 15.9 Å². The van der Waals surface area contributed by atoms with Gasteiger partial charge in [0.1, 0.15) is 11.6 Å². The van der Waals surface area contributed by atoms with Gasteiger partial charge in [-0.25, -0.2) is 8.78 Å². The van der Waals surface area contributed by atoms with Crippen molar-refractivity contribution in [2.75, 3.05) is 0 Å². The molecule has 0 aliphatic rings. The lowest BCUT2D eigenvalue weighted by atomic mass is 9.95. The molecule has 0 saturated carbocycles. The first-order valence-corrected chi connectivity index (χ1v) is 7.58. The van der Waals surface area contributed by atoms with Crippen LogP contribution in [0.1, 0.15) is 40.9 Å². The molecule has 2 aromatic carbocycles. The van der Waals surface area contributed by atoms with Gasteiger partial charge >= 0.3 is 0 Å². The Morgan fingerprint density at radius 2 is 1.57 bits per heavy atom. The van der Waals surface area contributed by atoms with Crippen molar-refractivity contribution in [3.63, 3.8) is 0 Å². The maximum absolute atomic E-state index is 13.9. The first-order valence-electron chi connectivity index (χ1n) is 6.79. The van der Waals surface area contributed by atoms with Gasteiger partial charge in [0.15, 0.2) is 5.78 Å². The Hall–Kier alpha value is -1.55. The van der Waals surface area contributed by atoms with Crippen LogP contribution in [0, 0.1) is 11.6 Å². The molecule has 0 saturated heterocycles. The number of carbonyl (C=O) groups excluding carboxylic acids is 1. The lowest BCUT2D eigenvalue weighted by molar-refractivity contribution is 0.103. The molecule has 0 spiro atoms. The Balaban J connectivity index is 2.50. The molecule has 0 N–H and O–H groups in total. The van der Waals surface area contributed by atoms with Crippen LogP contribution in [0.4, 0.5) is 8.78 Å². The number of hydrogen-bond donors (Lipinski definition) is 0. The molecule has 4 heteroatoms. The zero-order valence-corrected chi connectivity index (χ0v) is 13.4. The van der Waals surface area contributed by atoms with Gasteiger partial charge in [-0.1, -0.05) is 41.9 Å². The Labute approximate surface area is 131 Å². The number of hydrogen-bond acceptors (Lipinski definition) is 1.